The van der Waals surface area contributed by atoms with Gasteiger partial charge in [0.1, 0.15) is 11.3 Å². The summed E-state index contributed by atoms with van der Waals surface area (Å²) in [6, 6.07) is 9.76. The first kappa shape index (κ1) is 13.5. The number of nitrogens with one attached hydrogen (secondary N) is 1. The summed E-state index contributed by atoms with van der Waals surface area (Å²) in [5, 5.41) is 21.7. The molecule has 1 atom stereocenters. The van der Waals surface area contributed by atoms with Crippen LogP contribution < -0.4 is 5.32 Å². The van der Waals surface area contributed by atoms with Gasteiger partial charge in [0, 0.05) is 6.04 Å². The normalized spacial score (nSPS) is 14.3. The maximum atomic E-state index is 9.20. The predicted octanol–water partition coefficient (Wildman–Crippen LogP) is 2.61. The molecule has 2 N–H and O–H groups in total. The van der Waals surface area contributed by atoms with Gasteiger partial charge in [-0.3, -0.25) is 5.32 Å². The zero-order chi connectivity index (χ0) is 12.9. The van der Waals surface area contributed by atoms with Crippen LogP contribution >= 0.6 is 0 Å². The van der Waals surface area contributed by atoms with Gasteiger partial charge in [-0.05, 0) is 51.3 Å². The largest absolute Gasteiger partial charge is 0.508 e. The summed E-state index contributed by atoms with van der Waals surface area (Å²) in [6.45, 7) is 6.00. The van der Waals surface area contributed by atoms with Gasteiger partial charge >= 0.3 is 0 Å². The van der Waals surface area contributed by atoms with E-state index in [1.54, 1.807) is 12.1 Å². The molecule has 3 heteroatoms. The third-order valence-electron chi connectivity index (χ3n) is 2.70. The fourth-order valence-corrected chi connectivity index (χ4v) is 1.85. The van der Waals surface area contributed by atoms with Gasteiger partial charge in [0.25, 0.3) is 0 Å². The molecule has 1 aromatic carbocycles. The number of aryl methyl sites for hydroxylation is 1. The molecule has 0 aliphatic rings. The average Bonchev–Trinajstić information content (AvgIpc) is 2.27. The minimum Gasteiger partial charge on any atom is -0.508 e. The summed E-state index contributed by atoms with van der Waals surface area (Å²) in [7, 11) is 0. The van der Waals surface area contributed by atoms with Crippen molar-refractivity contribution in [1.29, 1.82) is 5.26 Å². The summed E-state index contributed by atoms with van der Waals surface area (Å²) in [4.78, 5) is 0. The zero-order valence-electron chi connectivity index (χ0n) is 10.7. The van der Waals surface area contributed by atoms with Crippen molar-refractivity contribution in [3.63, 3.8) is 0 Å². The van der Waals surface area contributed by atoms with E-state index in [4.69, 9.17) is 0 Å². The molecular weight excluding hydrogens is 212 g/mol. The number of phenolic OH excluding ortho intramolecular Hbond substituents is 1. The second kappa shape index (κ2) is 5.70. The van der Waals surface area contributed by atoms with Crippen LogP contribution in [0, 0.1) is 11.3 Å². The minimum absolute atomic E-state index is 0.275. The van der Waals surface area contributed by atoms with Crippen LogP contribution in [0.25, 0.3) is 0 Å². The van der Waals surface area contributed by atoms with Crippen molar-refractivity contribution >= 4 is 0 Å². The van der Waals surface area contributed by atoms with Gasteiger partial charge in [0.15, 0.2) is 0 Å². The fourth-order valence-electron chi connectivity index (χ4n) is 1.85. The smallest absolute Gasteiger partial charge is 0.115 e. The Morgan fingerprint density at radius 3 is 2.41 bits per heavy atom. The molecule has 0 saturated heterocycles. The second-order valence-corrected chi connectivity index (χ2v) is 4.91. The SMILES string of the molecule is CC(C)NC(C)(C#N)CCc1ccc(O)cc1. The van der Waals surface area contributed by atoms with E-state index < -0.39 is 5.54 Å². The van der Waals surface area contributed by atoms with Gasteiger partial charge < -0.3 is 5.11 Å². The summed E-state index contributed by atoms with van der Waals surface area (Å²) < 4.78 is 0. The van der Waals surface area contributed by atoms with E-state index >= 15 is 0 Å². The number of nitrogens with zero attached hydrogens (tertiary/aromatic N) is 1. The number of aromatic hydroxyl groups is 1. The minimum atomic E-state index is -0.494. The van der Waals surface area contributed by atoms with Crippen LogP contribution in [-0.4, -0.2) is 16.7 Å². The molecule has 1 unspecified atom stereocenters. The van der Waals surface area contributed by atoms with Crippen molar-refractivity contribution in [2.24, 2.45) is 0 Å². The number of phenols is 1. The lowest BCUT2D eigenvalue weighted by Gasteiger charge is -2.25. The fraction of sp³-hybridized carbons (Fsp3) is 0.500. The van der Waals surface area contributed by atoms with Crippen LogP contribution in [-0.2, 0) is 6.42 Å². The predicted molar refractivity (Wildman–Crippen MR) is 68.7 cm³/mol. The zero-order valence-corrected chi connectivity index (χ0v) is 10.7. The van der Waals surface area contributed by atoms with Crippen molar-refractivity contribution in [3.8, 4) is 11.8 Å². The third kappa shape index (κ3) is 4.46. The monoisotopic (exact) mass is 232 g/mol. The number of hydrogen-bond donors (Lipinski definition) is 2. The molecule has 0 aliphatic carbocycles. The molecule has 0 bridgehead atoms. The Morgan fingerprint density at radius 1 is 1.35 bits per heavy atom. The van der Waals surface area contributed by atoms with E-state index in [0.717, 1.165) is 18.4 Å². The average molecular weight is 232 g/mol. The van der Waals surface area contributed by atoms with Crippen LogP contribution in [0.3, 0.4) is 0 Å². The van der Waals surface area contributed by atoms with E-state index in [9.17, 15) is 10.4 Å². The van der Waals surface area contributed by atoms with Crippen molar-refractivity contribution in [1.82, 2.24) is 5.32 Å². The van der Waals surface area contributed by atoms with Crippen LogP contribution in [0.1, 0.15) is 32.8 Å². The van der Waals surface area contributed by atoms with Crippen LogP contribution in [0.2, 0.25) is 0 Å². The Labute approximate surface area is 103 Å². The molecule has 17 heavy (non-hydrogen) atoms. The number of benzene rings is 1. The maximum absolute atomic E-state index is 9.20. The Morgan fingerprint density at radius 2 is 1.94 bits per heavy atom. The Hall–Kier alpha value is -1.53. The van der Waals surface area contributed by atoms with E-state index in [0.29, 0.717) is 6.04 Å². The molecule has 1 aromatic rings. The van der Waals surface area contributed by atoms with E-state index in [2.05, 4.69) is 11.4 Å². The molecule has 92 valence electrons. The quantitative estimate of drug-likeness (QED) is 0.820. The highest BCUT2D eigenvalue weighted by molar-refractivity contribution is 5.26. The highest BCUT2D eigenvalue weighted by Crippen LogP contribution is 2.16. The topological polar surface area (TPSA) is 56.0 Å². The number of nitriles is 1. The van der Waals surface area contributed by atoms with Gasteiger partial charge in [0.2, 0.25) is 0 Å². The molecule has 0 radical (unpaired) electrons. The van der Waals surface area contributed by atoms with Gasteiger partial charge in [-0.2, -0.15) is 5.26 Å². The van der Waals surface area contributed by atoms with Crippen LogP contribution in [0.5, 0.6) is 5.75 Å². The lowest BCUT2D eigenvalue weighted by Crippen LogP contribution is -2.45. The Balaban J connectivity index is 2.59. The first-order chi connectivity index (χ1) is 7.95. The molecular formula is C14H20N2O. The summed E-state index contributed by atoms with van der Waals surface area (Å²) in [5.74, 6) is 0.275. The van der Waals surface area contributed by atoms with Gasteiger partial charge in [-0.25, -0.2) is 0 Å². The van der Waals surface area contributed by atoms with Crippen molar-refractivity contribution < 1.29 is 5.11 Å². The lowest BCUT2D eigenvalue weighted by atomic mass is 9.94. The maximum Gasteiger partial charge on any atom is 0.115 e. The lowest BCUT2D eigenvalue weighted by molar-refractivity contribution is 0.382. The van der Waals surface area contributed by atoms with Crippen molar-refractivity contribution in [2.45, 2.75) is 45.2 Å². The van der Waals surface area contributed by atoms with E-state index in [1.165, 1.54) is 0 Å². The van der Waals surface area contributed by atoms with E-state index in [1.807, 2.05) is 32.9 Å². The molecule has 0 amide bonds. The molecule has 0 spiro atoms. The molecule has 0 aromatic heterocycles. The number of hydrogen-bond acceptors (Lipinski definition) is 3. The van der Waals surface area contributed by atoms with Crippen molar-refractivity contribution in [3.05, 3.63) is 29.8 Å². The number of rotatable bonds is 5. The Kier molecular flexibility index (Phi) is 4.53. The summed E-state index contributed by atoms with van der Waals surface area (Å²) in [5.41, 5.74) is 0.640. The van der Waals surface area contributed by atoms with Crippen molar-refractivity contribution in [2.75, 3.05) is 0 Å². The summed E-state index contributed by atoms with van der Waals surface area (Å²) >= 11 is 0. The highest BCUT2D eigenvalue weighted by Gasteiger charge is 2.23. The molecule has 3 nitrogen and oxygen atoms in total. The van der Waals surface area contributed by atoms with Gasteiger partial charge in [-0.1, -0.05) is 12.1 Å². The standard InChI is InChI=1S/C14H20N2O/c1-11(2)16-14(3,10-15)9-8-12-4-6-13(17)7-5-12/h4-7,11,16-17H,8-9H2,1-3H3. The first-order valence-corrected chi connectivity index (χ1v) is 5.92. The van der Waals surface area contributed by atoms with Crippen LogP contribution in [0.4, 0.5) is 0 Å². The van der Waals surface area contributed by atoms with Gasteiger partial charge in [0.05, 0.1) is 6.07 Å². The molecule has 0 saturated carbocycles. The van der Waals surface area contributed by atoms with Gasteiger partial charge in [-0.15, -0.1) is 0 Å². The Bertz CT molecular complexity index is 392. The molecule has 0 aliphatic heterocycles. The molecule has 1 rings (SSSR count). The molecule has 0 heterocycles. The highest BCUT2D eigenvalue weighted by atomic mass is 16.3. The third-order valence-corrected chi connectivity index (χ3v) is 2.70. The first-order valence-electron chi connectivity index (χ1n) is 5.92. The molecule has 0 fully saturated rings. The van der Waals surface area contributed by atoms with E-state index in [-0.39, 0.29) is 5.75 Å². The van der Waals surface area contributed by atoms with Crippen LogP contribution in [0.15, 0.2) is 24.3 Å². The summed E-state index contributed by atoms with van der Waals surface area (Å²) in [6.07, 6.45) is 1.58. The second-order valence-electron chi connectivity index (χ2n) is 4.91.